The zero-order chi connectivity index (χ0) is 10.9. The molecule has 0 aliphatic carbocycles. The van der Waals surface area contributed by atoms with Gasteiger partial charge in [-0.3, -0.25) is 4.79 Å². The maximum atomic E-state index is 12.7. The number of halogens is 2. The molecule has 0 heterocycles. The van der Waals surface area contributed by atoms with E-state index in [1.807, 2.05) is 0 Å². The predicted octanol–water partition coefficient (Wildman–Crippen LogP) is 1.17. The van der Waals surface area contributed by atoms with E-state index >= 15 is 0 Å². The van der Waals surface area contributed by atoms with Gasteiger partial charge in [0.2, 0.25) is 0 Å². The minimum absolute atomic E-state index is 0.0335. The summed E-state index contributed by atoms with van der Waals surface area (Å²) in [6.07, 6.45) is 0. The van der Waals surface area contributed by atoms with Crippen LogP contribution in [0.1, 0.15) is 12.5 Å². The lowest BCUT2D eigenvalue weighted by atomic mass is 9.95. The fourth-order valence-electron chi connectivity index (χ4n) is 1.02. The van der Waals surface area contributed by atoms with Gasteiger partial charge in [0.05, 0.1) is 5.02 Å². The van der Waals surface area contributed by atoms with Crippen molar-refractivity contribution >= 4 is 17.5 Å². The summed E-state index contributed by atoms with van der Waals surface area (Å²) in [7, 11) is 0. The molecule has 76 valence electrons. The van der Waals surface area contributed by atoms with Gasteiger partial charge >= 0.3 is 0 Å². The maximum Gasteiger partial charge on any atom is 0.253 e. The van der Waals surface area contributed by atoms with Gasteiger partial charge in [0, 0.05) is 5.56 Å². The van der Waals surface area contributed by atoms with Crippen LogP contribution in [0.25, 0.3) is 0 Å². The van der Waals surface area contributed by atoms with E-state index in [9.17, 15) is 14.3 Å². The van der Waals surface area contributed by atoms with Crippen molar-refractivity contribution in [3.05, 3.63) is 34.6 Å². The first-order valence-electron chi connectivity index (χ1n) is 3.83. The Morgan fingerprint density at radius 1 is 1.64 bits per heavy atom. The molecule has 1 rings (SSSR count). The van der Waals surface area contributed by atoms with Crippen molar-refractivity contribution in [3.8, 4) is 0 Å². The molecule has 3 nitrogen and oxygen atoms in total. The number of aliphatic hydroxyl groups is 1. The largest absolute Gasteiger partial charge is 0.375 e. The standard InChI is InChI=1S/C9H9ClFNO2/c1-9(14,8(12)13)6-3-2-5(11)4-7(6)10/h2-4,14H,1H3,(H2,12,13). The van der Waals surface area contributed by atoms with Gasteiger partial charge in [0.25, 0.3) is 5.91 Å². The van der Waals surface area contributed by atoms with E-state index in [0.717, 1.165) is 12.1 Å². The highest BCUT2D eigenvalue weighted by molar-refractivity contribution is 6.31. The summed E-state index contributed by atoms with van der Waals surface area (Å²) in [4.78, 5) is 10.9. The quantitative estimate of drug-likeness (QED) is 0.781. The normalized spacial score (nSPS) is 14.9. The average molecular weight is 218 g/mol. The predicted molar refractivity (Wildman–Crippen MR) is 50.2 cm³/mol. The Morgan fingerprint density at radius 3 is 2.64 bits per heavy atom. The molecule has 3 N–H and O–H groups in total. The van der Waals surface area contributed by atoms with Crippen LogP contribution in [0.2, 0.25) is 5.02 Å². The molecule has 1 aromatic carbocycles. The van der Waals surface area contributed by atoms with Gasteiger partial charge in [-0.15, -0.1) is 0 Å². The average Bonchev–Trinajstić information content (AvgIpc) is 2.02. The molecule has 5 heteroatoms. The monoisotopic (exact) mass is 217 g/mol. The van der Waals surface area contributed by atoms with Gasteiger partial charge in [-0.1, -0.05) is 17.7 Å². The molecule has 0 aliphatic heterocycles. The second-order valence-corrected chi connectivity index (χ2v) is 3.47. The lowest BCUT2D eigenvalue weighted by molar-refractivity contribution is -0.135. The molecule has 0 saturated heterocycles. The van der Waals surface area contributed by atoms with E-state index in [1.165, 1.54) is 13.0 Å². The van der Waals surface area contributed by atoms with E-state index in [0.29, 0.717) is 0 Å². The number of carbonyl (C=O) groups is 1. The molecule has 1 unspecified atom stereocenters. The number of rotatable bonds is 2. The molecule has 0 bridgehead atoms. The lowest BCUT2D eigenvalue weighted by Gasteiger charge is -2.20. The molecular formula is C9H9ClFNO2. The van der Waals surface area contributed by atoms with E-state index in [-0.39, 0.29) is 10.6 Å². The highest BCUT2D eigenvalue weighted by Crippen LogP contribution is 2.28. The Balaban J connectivity index is 3.26. The zero-order valence-electron chi connectivity index (χ0n) is 7.42. The summed E-state index contributed by atoms with van der Waals surface area (Å²) < 4.78 is 12.7. The van der Waals surface area contributed by atoms with Gasteiger partial charge in [-0.2, -0.15) is 0 Å². The van der Waals surface area contributed by atoms with E-state index < -0.39 is 17.3 Å². The number of nitrogens with two attached hydrogens (primary N) is 1. The van der Waals surface area contributed by atoms with Crippen molar-refractivity contribution in [1.82, 2.24) is 0 Å². The minimum atomic E-state index is -1.88. The molecule has 0 fully saturated rings. The van der Waals surface area contributed by atoms with Crippen molar-refractivity contribution in [2.24, 2.45) is 5.73 Å². The van der Waals surface area contributed by atoms with E-state index in [1.54, 1.807) is 0 Å². The first-order chi connectivity index (χ1) is 6.35. The molecule has 0 aromatic heterocycles. The van der Waals surface area contributed by atoms with E-state index in [2.05, 4.69) is 0 Å². The molecular weight excluding hydrogens is 209 g/mol. The van der Waals surface area contributed by atoms with Gasteiger partial charge in [0.1, 0.15) is 5.82 Å². The number of carbonyl (C=O) groups excluding carboxylic acids is 1. The number of hydrogen-bond donors (Lipinski definition) is 2. The molecule has 0 spiro atoms. The van der Waals surface area contributed by atoms with Crippen LogP contribution in [0, 0.1) is 5.82 Å². The summed E-state index contributed by atoms with van der Waals surface area (Å²) in [6.45, 7) is 1.20. The molecule has 1 amide bonds. The molecule has 0 saturated carbocycles. The Kier molecular flexibility index (Phi) is 2.78. The van der Waals surface area contributed by atoms with Crippen molar-refractivity contribution in [2.45, 2.75) is 12.5 Å². The second-order valence-electron chi connectivity index (χ2n) is 3.06. The Hall–Kier alpha value is -1.13. The van der Waals surface area contributed by atoms with Gasteiger partial charge in [-0.25, -0.2) is 4.39 Å². The molecule has 1 aromatic rings. The summed E-state index contributed by atoms with van der Waals surface area (Å²) in [5, 5.41) is 9.62. The van der Waals surface area contributed by atoms with Crippen LogP contribution in [0.4, 0.5) is 4.39 Å². The van der Waals surface area contributed by atoms with Crippen LogP contribution in [0.5, 0.6) is 0 Å². The summed E-state index contributed by atoms with van der Waals surface area (Å²) >= 11 is 5.65. The van der Waals surface area contributed by atoms with Crippen LogP contribution >= 0.6 is 11.6 Å². The highest BCUT2D eigenvalue weighted by atomic mass is 35.5. The molecule has 1 atom stereocenters. The number of amides is 1. The van der Waals surface area contributed by atoms with Crippen LogP contribution in [-0.2, 0) is 10.4 Å². The number of primary amides is 1. The highest BCUT2D eigenvalue weighted by Gasteiger charge is 2.32. The fourth-order valence-corrected chi connectivity index (χ4v) is 1.37. The van der Waals surface area contributed by atoms with Crippen LogP contribution < -0.4 is 5.73 Å². The topological polar surface area (TPSA) is 63.3 Å². The fraction of sp³-hybridized carbons (Fsp3) is 0.222. The Morgan fingerprint density at radius 2 is 2.21 bits per heavy atom. The third-order valence-electron chi connectivity index (χ3n) is 1.94. The van der Waals surface area contributed by atoms with E-state index in [4.69, 9.17) is 17.3 Å². The second kappa shape index (κ2) is 3.55. The third kappa shape index (κ3) is 1.86. The maximum absolute atomic E-state index is 12.7. The van der Waals surface area contributed by atoms with Gasteiger partial charge < -0.3 is 10.8 Å². The van der Waals surface area contributed by atoms with Crippen LogP contribution in [0.15, 0.2) is 18.2 Å². The first kappa shape index (κ1) is 10.9. The summed E-state index contributed by atoms with van der Waals surface area (Å²) in [6, 6.07) is 3.33. The van der Waals surface area contributed by atoms with Crippen molar-refractivity contribution in [3.63, 3.8) is 0 Å². The van der Waals surface area contributed by atoms with Crippen molar-refractivity contribution in [1.29, 1.82) is 0 Å². The number of hydrogen-bond acceptors (Lipinski definition) is 2. The van der Waals surface area contributed by atoms with Crippen LogP contribution in [0.3, 0.4) is 0 Å². The summed E-state index contributed by atoms with van der Waals surface area (Å²) in [5.41, 5.74) is 3.17. The van der Waals surface area contributed by atoms with Gasteiger partial charge in [0.15, 0.2) is 5.60 Å². The molecule has 14 heavy (non-hydrogen) atoms. The van der Waals surface area contributed by atoms with Crippen molar-refractivity contribution in [2.75, 3.05) is 0 Å². The smallest absolute Gasteiger partial charge is 0.253 e. The summed E-state index contributed by atoms with van der Waals surface area (Å²) in [5.74, 6) is -1.48. The van der Waals surface area contributed by atoms with Gasteiger partial charge in [-0.05, 0) is 19.1 Å². The molecule has 0 radical (unpaired) electrons. The SMILES string of the molecule is CC(O)(C(N)=O)c1ccc(F)cc1Cl. The van der Waals surface area contributed by atoms with Crippen LogP contribution in [-0.4, -0.2) is 11.0 Å². The molecule has 0 aliphatic rings. The Labute approximate surface area is 85.3 Å². The number of benzene rings is 1. The van der Waals surface area contributed by atoms with Crippen molar-refractivity contribution < 1.29 is 14.3 Å². The minimum Gasteiger partial charge on any atom is -0.375 e. The third-order valence-corrected chi connectivity index (χ3v) is 2.25. The zero-order valence-corrected chi connectivity index (χ0v) is 8.18. The lowest BCUT2D eigenvalue weighted by Crippen LogP contribution is -2.38. The first-order valence-corrected chi connectivity index (χ1v) is 4.21. The Bertz CT molecular complexity index is 379.